The van der Waals surface area contributed by atoms with Crippen LogP contribution in [0.1, 0.15) is 10.6 Å². The number of hydrogen-bond acceptors (Lipinski definition) is 4. The Morgan fingerprint density at radius 2 is 2.13 bits per heavy atom. The molecule has 0 fully saturated rings. The molecule has 0 saturated carbocycles. The number of benzene rings is 1. The van der Waals surface area contributed by atoms with Gasteiger partial charge in [-0.15, -0.1) is 11.3 Å². The maximum absolute atomic E-state index is 9.40. The van der Waals surface area contributed by atoms with Gasteiger partial charge >= 0.3 is 0 Å². The lowest BCUT2D eigenvalue weighted by atomic mass is 10.1. The minimum absolute atomic E-state index is 0.485. The van der Waals surface area contributed by atoms with E-state index in [1.165, 1.54) is 11.3 Å². The first kappa shape index (κ1) is 15.7. The number of pyridine rings is 1. The van der Waals surface area contributed by atoms with Gasteiger partial charge in [-0.05, 0) is 35.9 Å². The summed E-state index contributed by atoms with van der Waals surface area (Å²) in [6.07, 6.45) is 5.15. The molecule has 112 valence electrons. The molecule has 0 aliphatic heterocycles. The van der Waals surface area contributed by atoms with Crippen LogP contribution in [0.3, 0.4) is 0 Å². The van der Waals surface area contributed by atoms with Gasteiger partial charge in [-0.1, -0.05) is 29.3 Å². The van der Waals surface area contributed by atoms with E-state index in [0.29, 0.717) is 20.6 Å². The summed E-state index contributed by atoms with van der Waals surface area (Å²) < 4.78 is 0. The molecule has 0 unspecified atom stereocenters. The molecular weight excluding hydrogens is 349 g/mol. The molecule has 0 radical (unpaired) electrons. The van der Waals surface area contributed by atoms with Crippen LogP contribution < -0.4 is 0 Å². The summed E-state index contributed by atoms with van der Waals surface area (Å²) in [4.78, 5) is 8.56. The largest absolute Gasteiger partial charge is 0.264 e. The van der Waals surface area contributed by atoms with Crippen molar-refractivity contribution in [3.63, 3.8) is 0 Å². The molecule has 0 atom stereocenters. The topological polar surface area (TPSA) is 49.6 Å². The van der Waals surface area contributed by atoms with Gasteiger partial charge in [0.2, 0.25) is 0 Å². The van der Waals surface area contributed by atoms with Gasteiger partial charge in [-0.25, -0.2) is 4.98 Å². The molecule has 0 N–H and O–H groups in total. The lowest BCUT2D eigenvalue weighted by Gasteiger charge is -2.00. The van der Waals surface area contributed by atoms with Crippen molar-refractivity contribution in [1.29, 1.82) is 5.26 Å². The van der Waals surface area contributed by atoms with Crippen molar-refractivity contribution in [3.05, 3.63) is 68.7 Å². The molecule has 0 amide bonds. The van der Waals surface area contributed by atoms with E-state index in [-0.39, 0.29) is 0 Å². The minimum Gasteiger partial charge on any atom is -0.264 e. The molecule has 2 heterocycles. The quantitative estimate of drug-likeness (QED) is 0.575. The van der Waals surface area contributed by atoms with Crippen LogP contribution in [0, 0.1) is 11.3 Å². The molecule has 1 aromatic carbocycles. The Balaban J connectivity index is 1.98. The van der Waals surface area contributed by atoms with Crippen molar-refractivity contribution in [2.75, 3.05) is 0 Å². The zero-order valence-electron chi connectivity index (χ0n) is 11.7. The number of rotatable bonds is 3. The van der Waals surface area contributed by atoms with Crippen molar-refractivity contribution in [3.8, 4) is 17.3 Å². The number of nitriles is 1. The van der Waals surface area contributed by atoms with E-state index < -0.39 is 0 Å². The molecule has 0 bridgehead atoms. The minimum atomic E-state index is 0.485. The smallest absolute Gasteiger partial charge is 0.134 e. The van der Waals surface area contributed by atoms with Gasteiger partial charge < -0.3 is 0 Å². The second-order valence-corrected chi connectivity index (χ2v) is 6.32. The van der Waals surface area contributed by atoms with Crippen molar-refractivity contribution in [1.82, 2.24) is 9.97 Å². The van der Waals surface area contributed by atoms with Gasteiger partial charge in [0, 0.05) is 28.4 Å². The van der Waals surface area contributed by atoms with Gasteiger partial charge in [-0.2, -0.15) is 5.26 Å². The Morgan fingerprint density at radius 3 is 2.83 bits per heavy atom. The van der Waals surface area contributed by atoms with Crippen LogP contribution in [0.15, 0.2) is 48.1 Å². The van der Waals surface area contributed by atoms with Crippen molar-refractivity contribution < 1.29 is 0 Å². The summed E-state index contributed by atoms with van der Waals surface area (Å²) in [5.74, 6) is 0. The van der Waals surface area contributed by atoms with Crippen LogP contribution in [0.5, 0.6) is 0 Å². The number of aromatic nitrogens is 2. The number of nitrogens with zero attached hydrogens (tertiary/aromatic N) is 3. The molecule has 2 aromatic heterocycles. The summed E-state index contributed by atoms with van der Waals surface area (Å²) in [5.41, 5.74) is 2.85. The molecule has 3 rings (SSSR count). The molecule has 0 aliphatic rings. The monoisotopic (exact) mass is 357 g/mol. The summed E-state index contributed by atoms with van der Waals surface area (Å²) in [6, 6.07) is 11.1. The predicted octanol–water partition coefficient (Wildman–Crippen LogP) is 5.58. The number of thiazole rings is 1. The average Bonchev–Trinajstić information content (AvgIpc) is 3.03. The third-order valence-electron chi connectivity index (χ3n) is 3.06. The first-order chi connectivity index (χ1) is 11.2. The highest BCUT2D eigenvalue weighted by molar-refractivity contribution is 7.11. The first-order valence-electron chi connectivity index (χ1n) is 6.60. The standard InChI is InChI=1S/C17H9Cl2N3S/c18-13-3-4-14(15(19)7-13)16-10-23-17(22-16)12(8-20)6-11-2-1-5-21-9-11/h1-7,9-10H/b12-6+. The van der Waals surface area contributed by atoms with Gasteiger partial charge in [0.1, 0.15) is 11.1 Å². The molecular formula is C17H9Cl2N3S. The van der Waals surface area contributed by atoms with E-state index in [2.05, 4.69) is 16.0 Å². The predicted molar refractivity (Wildman–Crippen MR) is 95.3 cm³/mol. The van der Waals surface area contributed by atoms with E-state index in [4.69, 9.17) is 23.2 Å². The van der Waals surface area contributed by atoms with Crippen LogP contribution in [-0.2, 0) is 0 Å². The Morgan fingerprint density at radius 1 is 1.26 bits per heavy atom. The second-order valence-electron chi connectivity index (χ2n) is 4.62. The molecule has 3 nitrogen and oxygen atoms in total. The third-order valence-corrected chi connectivity index (χ3v) is 4.48. The zero-order chi connectivity index (χ0) is 16.2. The lowest BCUT2D eigenvalue weighted by Crippen LogP contribution is -1.84. The summed E-state index contributed by atoms with van der Waals surface area (Å²) in [5, 5.41) is 13.0. The molecule has 0 spiro atoms. The zero-order valence-corrected chi connectivity index (χ0v) is 14.0. The lowest BCUT2D eigenvalue weighted by molar-refractivity contribution is 1.32. The Hall–Kier alpha value is -2.19. The van der Waals surface area contributed by atoms with Crippen molar-refractivity contribution >= 4 is 46.2 Å². The van der Waals surface area contributed by atoms with E-state index >= 15 is 0 Å². The maximum Gasteiger partial charge on any atom is 0.134 e. The average molecular weight is 358 g/mol. The summed E-state index contributed by atoms with van der Waals surface area (Å²) >= 11 is 13.5. The fourth-order valence-corrected chi connectivity index (χ4v) is 3.28. The van der Waals surface area contributed by atoms with Gasteiger partial charge in [0.05, 0.1) is 16.3 Å². The van der Waals surface area contributed by atoms with E-state index in [1.807, 2.05) is 23.6 Å². The normalized spacial score (nSPS) is 11.3. The van der Waals surface area contributed by atoms with E-state index in [9.17, 15) is 5.26 Å². The maximum atomic E-state index is 9.40. The van der Waals surface area contributed by atoms with Gasteiger partial charge in [-0.3, -0.25) is 4.98 Å². The number of halogens is 2. The third kappa shape index (κ3) is 3.59. The summed E-state index contributed by atoms with van der Waals surface area (Å²) in [7, 11) is 0. The van der Waals surface area contributed by atoms with E-state index in [1.54, 1.807) is 30.6 Å². The van der Waals surface area contributed by atoms with Crippen LogP contribution in [0.4, 0.5) is 0 Å². The fraction of sp³-hybridized carbons (Fsp3) is 0. The molecule has 0 aliphatic carbocycles. The van der Waals surface area contributed by atoms with Gasteiger partial charge in [0.25, 0.3) is 0 Å². The fourth-order valence-electron chi connectivity index (χ4n) is 1.99. The van der Waals surface area contributed by atoms with Gasteiger partial charge in [0.15, 0.2) is 0 Å². The summed E-state index contributed by atoms with van der Waals surface area (Å²) in [6.45, 7) is 0. The Bertz CT molecular complexity index is 911. The highest BCUT2D eigenvalue weighted by atomic mass is 35.5. The van der Waals surface area contributed by atoms with Crippen LogP contribution in [-0.4, -0.2) is 9.97 Å². The van der Waals surface area contributed by atoms with E-state index in [0.717, 1.165) is 16.8 Å². The number of allylic oxidation sites excluding steroid dienone is 1. The molecule has 3 aromatic rings. The molecule has 0 saturated heterocycles. The molecule has 23 heavy (non-hydrogen) atoms. The van der Waals surface area contributed by atoms with Crippen molar-refractivity contribution in [2.45, 2.75) is 0 Å². The highest BCUT2D eigenvalue weighted by Gasteiger charge is 2.11. The van der Waals surface area contributed by atoms with Crippen molar-refractivity contribution in [2.24, 2.45) is 0 Å². The Kier molecular flexibility index (Phi) is 4.73. The molecule has 6 heteroatoms. The SMILES string of the molecule is N#C/C(=C\c1cccnc1)c1nc(-c2ccc(Cl)cc2Cl)cs1. The first-order valence-corrected chi connectivity index (χ1v) is 8.24. The van der Waals surface area contributed by atoms with Crippen LogP contribution in [0.2, 0.25) is 10.0 Å². The highest BCUT2D eigenvalue weighted by Crippen LogP contribution is 2.32. The second kappa shape index (κ2) is 6.93. The van der Waals surface area contributed by atoms with Crippen LogP contribution >= 0.6 is 34.5 Å². The van der Waals surface area contributed by atoms with Crippen LogP contribution in [0.25, 0.3) is 22.9 Å². The Labute approximate surface area is 147 Å². The number of hydrogen-bond donors (Lipinski definition) is 0.